The van der Waals surface area contributed by atoms with Crippen LogP contribution in [0.4, 0.5) is 5.00 Å². The van der Waals surface area contributed by atoms with Crippen LogP contribution in [-0.4, -0.2) is 42.5 Å². The first-order chi connectivity index (χ1) is 15.0. The third kappa shape index (κ3) is 3.68. The van der Waals surface area contributed by atoms with Gasteiger partial charge in [0, 0.05) is 10.9 Å². The zero-order chi connectivity index (χ0) is 21.5. The van der Waals surface area contributed by atoms with Crippen LogP contribution in [0.25, 0.3) is 0 Å². The first-order valence-electron chi connectivity index (χ1n) is 10.9. The number of hydrogen-bond donors (Lipinski definition) is 2. The Morgan fingerprint density at radius 3 is 2.81 bits per heavy atom. The van der Waals surface area contributed by atoms with Crippen molar-refractivity contribution < 1.29 is 19.1 Å². The molecule has 1 saturated heterocycles. The Hall–Kier alpha value is -2.58. The molecule has 2 aromatic rings. The molecule has 3 N–H and O–H groups in total. The van der Waals surface area contributed by atoms with Crippen LogP contribution >= 0.6 is 11.3 Å². The zero-order valence-electron chi connectivity index (χ0n) is 17.6. The van der Waals surface area contributed by atoms with Crippen LogP contribution in [0.15, 0.2) is 18.2 Å². The van der Waals surface area contributed by atoms with Crippen molar-refractivity contribution in [3.63, 3.8) is 0 Å². The van der Waals surface area contributed by atoms with Gasteiger partial charge < -0.3 is 20.5 Å². The minimum Gasteiger partial charge on any atom is -0.486 e. The standard InChI is InChI=1S/C23H27N3O4S/c1-13(22(28)25-23-20(21(24)27)15-4-2-6-19(15)31-23)26-9-3-5-16(26)14-7-8-17-18(12-14)30-11-10-29-17/h7-8,12-13,16H,2-6,9-11H2,1H3,(H2,24,27)(H,25,28)/t13-,16-/m1/s1. The molecule has 1 aromatic carbocycles. The molecule has 3 aliphatic rings. The van der Waals surface area contributed by atoms with Gasteiger partial charge in [-0.05, 0) is 68.8 Å². The fraction of sp³-hybridized carbons (Fsp3) is 0.478. The number of nitrogens with zero attached hydrogens (tertiary/aromatic N) is 1. The lowest BCUT2D eigenvalue weighted by Crippen LogP contribution is -2.41. The fourth-order valence-electron chi connectivity index (χ4n) is 5.00. The van der Waals surface area contributed by atoms with Gasteiger partial charge in [0.15, 0.2) is 11.5 Å². The number of anilines is 1. The molecule has 0 saturated carbocycles. The van der Waals surface area contributed by atoms with E-state index < -0.39 is 5.91 Å². The van der Waals surface area contributed by atoms with Gasteiger partial charge in [-0.25, -0.2) is 0 Å². The molecule has 0 spiro atoms. The molecule has 2 amide bonds. The maximum atomic E-state index is 13.2. The van der Waals surface area contributed by atoms with E-state index >= 15 is 0 Å². The molecule has 164 valence electrons. The van der Waals surface area contributed by atoms with Gasteiger partial charge in [0.25, 0.3) is 5.91 Å². The van der Waals surface area contributed by atoms with Crippen molar-refractivity contribution in [2.45, 2.75) is 51.1 Å². The molecule has 0 bridgehead atoms. The van der Waals surface area contributed by atoms with Crippen molar-refractivity contribution in [1.29, 1.82) is 0 Å². The molecule has 3 heterocycles. The van der Waals surface area contributed by atoms with Crippen molar-refractivity contribution in [1.82, 2.24) is 4.90 Å². The van der Waals surface area contributed by atoms with Crippen molar-refractivity contribution in [3.05, 3.63) is 39.8 Å². The fourth-order valence-corrected chi connectivity index (χ4v) is 6.30. The van der Waals surface area contributed by atoms with E-state index in [-0.39, 0.29) is 18.0 Å². The summed E-state index contributed by atoms with van der Waals surface area (Å²) in [7, 11) is 0. The number of likely N-dealkylation sites (tertiary alicyclic amines) is 1. The highest BCUT2D eigenvalue weighted by molar-refractivity contribution is 7.17. The highest BCUT2D eigenvalue weighted by Crippen LogP contribution is 2.41. The molecule has 31 heavy (non-hydrogen) atoms. The van der Waals surface area contributed by atoms with Gasteiger partial charge in [0.1, 0.15) is 18.2 Å². The molecule has 8 heteroatoms. The van der Waals surface area contributed by atoms with E-state index in [4.69, 9.17) is 15.2 Å². The number of thiophene rings is 1. The maximum absolute atomic E-state index is 13.2. The Balaban J connectivity index is 1.34. The second kappa shape index (κ2) is 8.16. The number of hydrogen-bond acceptors (Lipinski definition) is 6. The topological polar surface area (TPSA) is 93.9 Å². The summed E-state index contributed by atoms with van der Waals surface area (Å²) in [6.45, 7) is 3.89. The Morgan fingerprint density at radius 1 is 1.19 bits per heavy atom. The van der Waals surface area contributed by atoms with Crippen LogP contribution in [0.1, 0.15) is 58.6 Å². The largest absolute Gasteiger partial charge is 0.486 e. The van der Waals surface area contributed by atoms with E-state index in [1.165, 1.54) is 16.2 Å². The molecule has 1 aliphatic carbocycles. The van der Waals surface area contributed by atoms with Crippen LogP contribution in [0.3, 0.4) is 0 Å². The van der Waals surface area contributed by atoms with E-state index in [1.54, 1.807) is 0 Å². The predicted octanol–water partition coefficient (Wildman–Crippen LogP) is 3.27. The summed E-state index contributed by atoms with van der Waals surface area (Å²) in [5.41, 5.74) is 8.30. The number of amides is 2. The van der Waals surface area contributed by atoms with Crippen molar-refractivity contribution in [2.75, 3.05) is 25.1 Å². The van der Waals surface area contributed by atoms with Gasteiger partial charge in [0.2, 0.25) is 5.91 Å². The summed E-state index contributed by atoms with van der Waals surface area (Å²) < 4.78 is 11.4. The summed E-state index contributed by atoms with van der Waals surface area (Å²) in [4.78, 5) is 28.6. The second-order valence-corrected chi connectivity index (χ2v) is 9.50. The first-order valence-corrected chi connectivity index (χ1v) is 11.7. The number of aryl methyl sites for hydroxylation is 1. The summed E-state index contributed by atoms with van der Waals surface area (Å²) >= 11 is 1.50. The minimum atomic E-state index is -0.460. The Labute approximate surface area is 185 Å². The minimum absolute atomic E-state index is 0.105. The lowest BCUT2D eigenvalue weighted by Gasteiger charge is -2.30. The lowest BCUT2D eigenvalue weighted by molar-refractivity contribution is -0.121. The number of nitrogens with two attached hydrogens (primary N) is 1. The van der Waals surface area contributed by atoms with Gasteiger partial charge in [-0.3, -0.25) is 14.5 Å². The third-order valence-electron chi connectivity index (χ3n) is 6.53. The summed E-state index contributed by atoms with van der Waals surface area (Å²) in [5.74, 6) is 0.978. The van der Waals surface area contributed by atoms with E-state index in [9.17, 15) is 9.59 Å². The van der Waals surface area contributed by atoms with E-state index in [1.807, 2.05) is 19.1 Å². The quantitative estimate of drug-likeness (QED) is 0.743. The SMILES string of the molecule is C[C@H](C(=O)Nc1sc2c(c1C(N)=O)CCC2)N1CCC[C@@H]1c1ccc2c(c1)OCCO2. The molecule has 1 fully saturated rings. The summed E-state index contributed by atoms with van der Waals surface area (Å²) in [6, 6.07) is 5.86. The maximum Gasteiger partial charge on any atom is 0.251 e. The number of rotatable bonds is 5. The number of benzene rings is 1. The normalized spacial score (nSPS) is 21.0. The highest BCUT2D eigenvalue weighted by atomic mass is 32.1. The van der Waals surface area contributed by atoms with Gasteiger partial charge in [-0.2, -0.15) is 0 Å². The molecule has 1 aromatic heterocycles. The average Bonchev–Trinajstić information content (AvgIpc) is 3.48. The number of primary amides is 1. The number of carbonyl (C=O) groups is 2. The van der Waals surface area contributed by atoms with E-state index in [0.29, 0.717) is 23.8 Å². The van der Waals surface area contributed by atoms with Crippen LogP contribution < -0.4 is 20.5 Å². The van der Waals surface area contributed by atoms with Crippen LogP contribution in [0.2, 0.25) is 0 Å². The predicted molar refractivity (Wildman–Crippen MR) is 119 cm³/mol. The first kappa shape index (κ1) is 20.3. The van der Waals surface area contributed by atoms with Crippen LogP contribution in [0, 0.1) is 0 Å². The number of carbonyl (C=O) groups excluding carboxylic acids is 2. The van der Waals surface area contributed by atoms with Gasteiger partial charge >= 0.3 is 0 Å². The summed E-state index contributed by atoms with van der Waals surface area (Å²) in [6.07, 6.45) is 4.85. The van der Waals surface area contributed by atoms with Crippen LogP contribution in [0.5, 0.6) is 11.5 Å². The highest BCUT2D eigenvalue weighted by Gasteiger charge is 2.35. The van der Waals surface area contributed by atoms with E-state index in [0.717, 1.165) is 61.3 Å². The Morgan fingerprint density at radius 2 is 2.00 bits per heavy atom. The van der Waals surface area contributed by atoms with Crippen molar-refractivity contribution in [2.24, 2.45) is 5.73 Å². The van der Waals surface area contributed by atoms with Crippen LogP contribution in [-0.2, 0) is 17.6 Å². The molecule has 2 aliphatic heterocycles. The molecular weight excluding hydrogens is 414 g/mol. The van der Waals surface area contributed by atoms with Gasteiger partial charge in [-0.1, -0.05) is 6.07 Å². The van der Waals surface area contributed by atoms with Crippen molar-refractivity contribution >= 4 is 28.2 Å². The Bertz CT molecular complexity index is 1030. The zero-order valence-corrected chi connectivity index (χ0v) is 18.4. The van der Waals surface area contributed by atoms with Crippen molar-refractivity contribution in [3.8, 4) is 11.5 Å². The van der Waals surface area contributed by atoms with Gasteiger partial charge in [-0.15, -0.1) is 11.3 Å². The second-order valence-electron chi connectivity index (χ2n) is 8.39. The molecular formula is C23H27N3O4S. The Kier molecular flexibility index (Phi) is 5.35. The number of nitrogens with one attached hydrogen (secondary N) is 1. The smallest absolute Gasteiger partial charge is 0.251 e. The summed E-state index contributed by atoms with van der Waals surface area (Å²) in [5, 5.41) is 3.61. The molecule has 0 unspecified atom stereocenters. The van der Waals surface area contributed by atoms with E-state index in [2.05, 4.69) is 16.3 Å². The molecule has 0 radical (unpaired) electrons. The lowest BCUT2D eigenvalue weighted by atomic mass is 10.0. The monoisotopic (exact) mass is 441 g/mol. The third-order valence-corrected chi connectivity index (χ3v) is 7.73. The van der Waals surface area contributed by atoms with Gasteiger partial charge in [0.05, 0.1) is 11.6 Å². The number of fused-ring (bicyclic) bond motifs is 2. The number of ether oxygens (including phenoxy) is 2. The average molecular weight is 442 g/mol. The molecule has 7 nitrogen and oxygen atoms in total. The molecule has 2 atom stereocenters. The molecule has 5 rings (SSSR count).